The van der Waals surface area contributed by atoms with Crippen molar-refractivity contribution in [2.45, 2.75) is 26.8 Å². The number of rotatable bonds is 3. The van der Waals surface area contributed by atoms with Gasteiger partial charge in [-0.1, -0.05) is 20.8 Å². The molecular formula is C7H15NO4S. The predicted molar refractivity (Wildman–Crippen MR) is 48.9 cm³/mol. The fraction of sp³-hybridized carbons (Fsp3) is 0.857. The van der Waals surface area contributed by atoms with Gasteiger partial charge in [0.25, 0.3) is 10.1 Å². The second kappa shape index (κ2) is 3.73. The number of carbonyl (C=O) groups is 1. The minimum absolute atomic E-state index is 0.384. The van der Waals surface area contributed by atoms with Crippen LogP contribution in [0, 0.1) is 5.41 Å². The van der Waals surface area contributed by atoms with E-state index in [1.807, 2.05) is 0 Å². The molecule has 0 aliphatic rings. The average Bonchev–Trinajstić information content (AvgIpc) is 1.79. The lowest BCUT2D eigenvalue weighted by atomic mass is 9.87. The highest BCUT2D eigenvalue weighted by Gasteiger charge is 2.29. The highest BCUT2D eigenvalue weighted by molar-refractivity contribution is 7.85. The summed E-state index contributed by atoms with van der Waals surface area (Å²) < 4.78 is 29.2. The van der Waals surface area contributed by atoms with Gasteiger partial charge >= 0.3 is 0 Å². The second-order valence-electron chi connectivity index (χ2n) is 3.97. The van der Waals surface area contributed by atoms with Crippen LogP contribution >= 0.6 is 0 Å². The highest BCUT2D eigenvalue weighted by Crippen LogP contribution is 2.16. The van der Waals surface area contributed by atoms with Gasteiger partial charge < -0.3 is 5.73 Å². The Morgan fingerprint density at radius 2 is 1.85 bits per heavy atom. The minimum atomic E-state index is -4.17. The first-order valence-electron chi connectivity index (χ1n) is 3.79. The van der Waals surface area contributed by atoms with Crippen molar-refractivity contribution < 1.29 is 17.8 Å². The predicted octanol–water partition coefficient (Wildman–Crippen LogP) is -0.183. The van der Waals surface area contributed by atoms with Gasteiger partial charge in [0.05, 0.1) is 11.8 Å². The van der Waals surface area contributed by atoms with Crippen molar-refractivity contribution in [1.29, 1.82) is 0 Å². The van der Waals surface area contributed by atoms with Crippen molar-refractivity contribution in [2.75, 3.05) is 5.75 Å². The summed E-state index contributed by atoms with van der Waals surface area (Å²) in [6.07, 6.45) is 0. The molecule has 0 aromatic heterocycles. The van der Waals surface area contributed by atoms with Crippen LogP contribution in [0.15, 0.2) is 0 Å². The molecule has 0 radical (unpaired) electrons. The molecule has 0 rings (SSSR count). The Labute approximate surface area is 78.1 Å². The lowest BCUT2D eigenvalue weighted by molar-refractivity contribution is -0.127. The molecule has 0 aliphatic carbocycles. The second-order valence-corrected chi connectivity index (χ2v) is 5.47. The van der Waals surface area contributed by atoms with Gasteiger partial charge in [-0.15, -0.1) is 0 Å². The molecule has 0 aromatic carbocycles. The molecule has 6 heteroatoms. The van der Waals surface area contributed by atoms with Gasteiger partial charge in [0.15, 0.2) is 5.78 Å². The van der Waals surface area contributed by atoms with E-state index in [0.29, 0.717) is 0 Å². The number of nitrogens with two attached hydrogens (primary N) is 1. The van der Waals surface area contributed by atoms with E-state index in [4.69, 9.17) is 10.3 Å². The number of ketones is 1. The summed E-state index contributed by atoms with van der Waals surface area (Å²) in [5.74, 6) is -1.10. The van der Waals surface area contributed by atoms with Gasteiger partial charge in [0.1, 0.15) is 0 Å². The maximum Gasteiger partial charge on any atom is 0.266 e. The lowest BCUT2D eigenvalue weighted by Gasteiger charge is -2.20. The third-order valence-electron chi connectivity index (χ3n) is 1.47. The molecule has 0 heterocycles. The van der Waals surface area contributed by atoms with E-state index in [1.165, 1.54) is 0 Å². The molecule has 5 nitrogen and oxygen atoms in total. The van der Waals surface area contributed by atoms with Crippen LogP contribution in [0.3, 0.4) is 0 Å². The average molecular weight is 209 g/mol. The van der Waals surface area contributed by atoms with E-state index in [9.17, 15) is 13.2 Å². The van der Waals surface area contributed by atoms with Gasteiger partial charge in [-0.3, -0.25) is 9.35 Å². The zero-order valence-corrected chi connectivity index (χ0v) is 8.76. The van der Waals surface area contributed by atoms with Crippen molar-refractivity contribution >= 4 is 15.9 Å². The van der Waals surface area contributed by atoms with Gasteiger partial charge in [0.2, 0.25) is 0 Å². The fourth-order valence-electron chi connectivity index (χ4n) is 0.859. The van der Waals surface area contributed by atoms with Crippen molar-refractivity contribution in [2.24, 2.45) is 11.1 Å². The van der Waals surface area contributed by atoms with E-state index >= 15 is 0 Å². The van der Waals surface area contributed by atoms with Crippen LogP contribution in [0.4, 0.5) is 0 Å². The summed E-state index contributed by atoms with van der Waals surface area (Å²) >= 11 is 0. The molecule has 0 unspecified atom stereocenters. The number of carbonyl (C=O) groups excluding carboxylic acids is 1. The van der Waals surface area contributed by atoms with Crippen LogP contribution in [0.1, 0.15) is 20.8 Å². The SMILES string of the molecule is CC(C)(C)C(=O)[C@@H](N)CS(=O)(=O)O. The number of hydrogen-bond donors (Lipinski definition) is 2. The Morgan fingerprint density at radius 1 is 1.46 bits per heavy atom. The first-order chi connectivity index (χ1) is 5.54. The molecule has 0 aromatic rings. The Bertz CT molecular complexity index is 288. The molecular weight excluding hydrogens is 194 g/mol. The van der Waals surface area contributed by atoms with Gasteiger partial charge in [-0.05, 0) is 0 Å². The van der Waals surface area contributed by atoms with Crippen molar-refractivity contribution in [1.82, 2.24) is 0 Å². The van der Waals surface area contributed by atoms with E-state index in [0.717, 1.165) is 0 Å². The Balaban J connectivity index is 4.47. The summed E-state index contributed by atoms with van der Waals surface area (Å²) in [7, 11) is -4.17. The molecule has 1 atom stereocenters. The highest BCUT2D eigenvalue weighted by atomic mass is 32.2. The summed E-state index contributed by atoms with van der Waals surface area (Å²) in [6.45, 7) is 4.91. The fourth-order valence-corrected chi connectivity index (χ4v) is 1.46. The maximum absolute atomic E-state index is 11.3. The van der Waals surface area contributed by atoms with Crippen LogP contribution in [0.2, 0.25) is 0 Å². The van der Waals surface area contributed by atoms with E-state index < -0.39 is 27.3 Å². The van der Waals surface area contributed by atoms with Gasteiger partial charge in [-0.25, -0.2) is 0 Å². The third-order valence-corrected chi connectivity index (χ3v) is 2.25. The Morgan fingerprint density at radius 3 is 2.08 bits per heavy atom. The van der Waals surface area contributed by atoms with Crippen LogP contribution in [0.5, 0.6) is 0 Å². The lowest BCUT2D eigenvalue weighted by Crippen LogP contribution is -2.43. The molecule has 0 saturated carbocycles. The third kappa shape index (κ3) is 4.97. The van der Waals surface area contributed by atoms with Gasteiger partial charge in [0, 0.05) is 5.41 Å². The summed E-state index contributed by atoms with van der Waals surface area (Å²) in [5, 5.41) is 0. The summed E-state index contributed by atoms with van der Waals surface area (Å²) in [6, 6.07) is -1.16. The first kappa shape index (κ1) is 12.5. The molecule has 3 N–H and O–H groups in total. The monoisotopic (exact) mass is 209 g/mol. The van der Waals surface area contributed by atoms with Crippen LogP contribution in [-0.4, -0.2) is 30.5 Å². The molecule has 13 heavy (non-hydrogen) atoms. The Hall–Kier alpha value is -0.460. The molecule has 0 aliphatic heterocycles. The zero-order valence-electron chi connectivity index (χ0n) is 7.94. The normalized spacial score (nSPS) is 15.5. The molecule has 0 spiro atoms. The smallest absolute Gasteiger partial charge is 0.266 e. The van der Waals surface area contributed by atoms with E-state index in [1.54, 1.807) is 20.8 Å². The van der Waals surface area contributed by atoms with E-state index in [2.05, 4.69) is 0 Å². The standard InChI is InChI=1S/C7H15NO4S/c1-7(2,3)6(9)5(8)4-13(10,11)12/h5H,4,8H2,1-3H3,(H,10,11,12)/t5-/m0/s1. The topological polar surface area (TPSA) is 97.5 Å². The molecule has 0 amide bonds. The largest absolute Gasteiger partial charge is 0.321 e. The van der Waals surface area contributed by atoms with Crippen LogP contribution < -0.4 is 5.73 Å². The van der Waals surface area contributed by atoms with Crippen molar-refractivity contribution in [3.8, 4) is 0 Å². The van der Waals surface area contributed by atoms with Crippen LogP contribution in [0.25, 0.3) is 0 Å². The molecule has 0 bridgehead atoms. The zero-order chi connectivity index (χ0) is 10.9. The van der Waals surface area contributed by atoms with Crippen molar-refractivity contribution in [3.05, 3.63) is 0 Å². The van der Waals surface area contributed by atoms with Gasteiger partial charge in [-0.2, -0.15) is 8.42 Å². The Kier molecular flexibility index (Phi) is 3.60. The number of hydrogen-bond acceptors (Lipinski definition) is 4. The quantitative estimate of drug-likeness (QED) is 0.628. The molecule has 78 valence electrons. The molecule has 0 fully saturated rings. The minimum Gasteiger partial charge on any atom is -0.321 e. The van der Waals surface area contributed by atoms with Crippen molar-refractivity contribution in [3.63, 3.8) is 0 Å². The van der Waals surface area contributed by atoms with Crippen LogP contribution in [-0.2, 0) is 14.9 Å². The maximum atomic E-state index is 11.3. The first-order valence-corrected chi connectivity index (χ1v) is 5.40. The summed E-state index contributed by atoms with van der Waals surface area (Å²) in [4.78, 5) is 11.3. The molecule has 0 saturated heterocycles. The summed E-state index contributed by atoms with van der Waals surface area (Å²) in [5.41, 5.74) is 4.61. The van der Waals surface area contributed by atoms with E-state index in [-0.39, 0.29) is 5.78 Å². The number of Topliss-reactive ketones (excluding diaryl/α,β-unsaturated/α-hetero) is 1.